The topological polar surface area (TPSA) is 167 Å². The lowest BCUT2D eigenvalue weighted by Gasteiger charge is -2.41. The first-order valence-electron chi connectivity index (χ1n) is 18.7. The number of aliphatic carboxylic acids is 1. The summed E-state index contributed by atoms with van der Waals surface area (Å²) in [6, 6.07) is 5.84. The highest BCUT2D eigenvalue weighted by Crippen LogP contribution is 2.29. The van der Waals surface area contributed by atoms with Crippen LogP contribution in [0.1, 0.15) is 79.7 Å². The van der Waals surface area contributed by atoms with Crippen molar-refractivity contribution in [2.75, 3.05) is 34.9 Å². The molecular formula is C39H65N5O8. The molecule has 1 aliphatic rings. The van der Waals surface area contributed by atoms with Crippen molar-refractivity contribution in [2.24, 2.45) is 23.7 Å². The van der Waals surface area contributed by atoms with E-state index in [-0.39, 0.29) is 48.3 Å². The lowest BCUT2D eigenvalue weighted by Crippen LogP contribution is -2.59. The highest BCUT2D eigenvalue weighted by molar-refractivity contribution is 5.90. The van der Waals surface area contributed by atoms with Gasteiger partial charge in [0.25, 0.3) is 0 Å². The smallest absolute Gasteiger partial charge is 0.326 e. The van der Waals surface area contributed by atoms with E-state index in [0.29, 0.717) is 19.4 Å². The van der Waals surface area contributed by atoms with Gasteiger partial charge in [-0.3, -0.25) is 19.2 Å². The Hall–Kier alpha value is -3.55. The average Bonchev–Trinajstić information content (AvgIpc) is 3.59. The SMILES string of the molecule is CC[C@H](C)C([C@@H](CC(=O)N1CCC[C@H]1[C@H](OC)[C@@H](C)C(=O)N[C@H](Cc1ccccc1)C(=O)O)OC)N(C)C(=O)[C@@H](NC(=O)[C@@H](NC)C(C)C)C(C)C. The second-order valence-electron chi connectivity index (χ2n) is 14.9. The van der Waals surface area contributed by atoms with E-state index >= 15 is 0 Å². The minimum absolute atomic E-state index is 0.0112. The Morgan fingerprint density at radius 2 is 1.54 bits per heavy atom. The van der Waals surface area contributed by atoms with Gasteiger partial charge in [-0.25, -0.2) is 4.79 Å². The minimum Gasteiger partial charge on any atom is -0.480 e. The second-order valence-corrected chi connectivity index (χ2v) is 14.9. The van der Waals surface area contributed by atoms with Crippen LogP contribution >= 0.6 is 0 Å². The molecule has 1 unspecified atom stereocenters. The molecule has 0 saturated carbocycles. The molecule has 1 aromatic rings. The summed E-state index contributed by atoms with van der Waals surface area (Å²) in [7, 11) is 6.46. The maximum Gasteiger partial charge on any atom is 0.326 e. The van der Waals surface area contributed by atoms with Crippen LogP contribution in [0, 0.1) is 23.7 Å². The standard InChI is InChI=1S/C39H65N5O8/c1-12-25(6)34(43(9)38(48)33(24(4)5)42-37(47)32(40-8)23(2)3)30(51-10)22-31(45)44-20-16-19-29(44)35(52-11)26(7)36(46)41-28(39(49)50)21-27-17-14-13-15-18-27/h13-15,17-18,23-26,28-30,32-35,40H,12,16,19-22H2,1-11H3,(H,41,46)(H,42,47)(H,49,50)/t25-,26+,28+,29-,30+,32-,33-,34?,35+/m0/s1. The fourth-order valence-electron chi connectivity index (χ4n) is 7.40. The number of ether oxygens (including phenoxy) is 2. The monoisotopic (exact) mass is 731 g/mol. The Labute approximate surface area is 310 Å². The molecule has 1 aliphatic heterocycles. The summed E-state index contributed by atoms with van der Waals surface area (Å²) in [5.74, 6) is -3.27. The van der Waals surface area contributed by atoms with Crippen molar-refractivity contribution in [1.82, 2.24) is 25.8 Å². The van der Waals surface area contributed by atoms with Crippen LogP contribution < -0.4 is 16.0 Å². The van der Waals surface area contributed by atoms with Crippen LogP contribution in [0.25, 0.3) is 0 Å². The zero-order chi connectivity index (χ0) is 39.3. The summed E-state index contributed by atoms with van der Waals surface area (Å²) >= 11 is 0. The molecule has 0 radical (unpaired) electrons. The summed E-state index contributed by atoms with van der Waals surface area (Å²) in [5, 5.41) is 18.5. The number of carboxylic acid groups (broad SMARTS) is 1. The van der Waals surface area contributed by atoms with E-state index in [9.17, 15) is 29.1 Å². The van der Waals surface area contributed by atoms with Crippen LogP contribution in [0.15, 0.2) is 30.3 Å². The molecule has 9 atom stereocenters. The summed E-state index contributed by atoms with van der Waals surface area (Å²) in [5.41, 5.74) is 0.785. The van der Waals surface area contributed by atoms with Gasteiger partial charge in [0.2, 0.25) is 23.6 Å². The molecular weight excluding hydrogens is 666 g/mol. The number of hydrogen-bond acceptors (Lipinski definition) is 8. The first kappa shape index (κ1) is 44.6. The number of carbonyl (C=O) groups is 5. The maximum atomic E-state index is 14.1. The van der Waals surface area contributed by atoms with Crippen LogP contribution in [0.3, 0.4) is 0 Å². The number of likely N-dealkylation sites (N-methyl/N-ethyl adjacent to an activating group) is 2. The molecule has 4 amide bonds. The van der Waals surface area contributed by atoms with Gasteiger partial charge in [-0.2, -0.15) is 0 Å². The maximum absolute atomic E-state index is 14.1. The van der Waals surface area contributed by atoms with E-state index in [4.69, 9.17) is 9.47 Å². The minimum atomic E-state index is -1.14. The number of rotatable bonds is 21. The van der Waals surface area contributed by atoms with Gasteiger partial charge < -0.3 is 40.3 Å². The van der Waals surface area contributed by atoms with Crippen molar-refractivity contribution in [3.63, 3.8) is 0 Å². The molecule has 1 heterocycles. The number of hydrogen-bond donors (Lipinski definition) is 4. The largest absolute Gasteiger partial charge is 0.480 e. The Bertz CT molecular complexity index is 1310. The first-order valence-corrected chi connectivity index (χ1v) is 18.7. The van der Waals surface area contributed by atoms with Crippen molar-refractivity contribution in [2.45, 2.75) is 123 Å². The van der Waals surface area contributed by atoms with Gasteiger partial charge in [0.05, 0.1) is 42.7 Å². The number of nitrogens with zero attached hydrogens (tertiary/aromatic N) is 2. The molecule has 0 aromatic heterocycles. The Balaban J connectivity index is 2.26. The zero-order valence-electron chi connectivity index (χ0n) is 33.2. The molecule has 1 saturated heterocycles. The molecule has 13 heteroatoms. The van der Waals surface area contributed by atoms with Crippen molar-refractivity contribution >= 4 is 29.6 Å². The van der Waals surface area contributed by atoms with E-state index in [1.807, 2.05) is 71.9 Å². The normalized spacial score (nSPS) is 19.2. The van der Waals surface area contributed by atoms with Gasteiger partial charge in [0.1, 0.15) is 12.1 Å². The van der Waals surface area contributed by atoms with E-state index in [0.717, 1.165) is 12.0 Å². The van der Waals surface area contributed by atoms with Crippen molar-refractivity contribution < 1.29 is 38.6 Å². The van der Waals surface area contributed by atoms with E-state index in [2.05, 4.69) is 16.0 Å². The van der Waals surface area contributed by atoms with Crippen LogP contribution in [-0.2, 0) is 39.9 Å². The zero-order valence-corrected chi connectivity index (χ0v) is 33.2. The average molecular weight is 732 g/mol. The van der Waals surface area contributed by atoms with Gasteiger partial charge in [0.15, 0.2) is 0 Å². The Morgan fingerprint density at radius 3 is 2.04 bits per heavy atom. The van der Waals surface area contributed by atoms with Crippen molar-refractivity contribution in [3.8, 4) is 0 Å². The molecule has 1 fully saturated rings. The molecule has 0 bridgehead atoms. The lowest BCUT2D eigenvalue weighted by molar-refractivity contribution is -0.148. The van der Waals surface area contributed by atoms with Gasteiger partial charge in [-0.05, 0) is 43.2 Å². The highest BCUT2D eigenvalue weighted by Gasteiger charge is 2.43. The number of likely N-dealkylation sites (tertiary alicyclic amines) is 1. The van der Waals surface area contributed by atoms with E-state index in [1.54, 1.807) is 30.8 Å². The highest BCUT2D eigenvalue weighted by atomic mass is 16.5. The summed E-state index contributed by atoms with van der Waals surface area (Å²) < 4.78 is 11.8. The van der Waals surface area contributed by atoms with Crippen molar-refractivity contribution in [3.05, 3.63) is 35.9 Å². The molecule has 1 aromatic carbocycles. The number of carboxylic acids is 1. The second kappa shape index (κ2) is 21.2. The Morgan fingerprint density at radius 1 is 0.923 bits per heavy atom. The third kappa shape index (κ3) is 11.7. The summed E-state index contributed by atoms with van der Waals surface area (Å²) in [6.07, 6.45) is 0.818. The molecule has 52 heavy (non-hydrogen) atoms. The van der Waals surface area contributed by atoms with Crippen LogP contribution in [-0.4, -0.2) is 122 Å². The fraction of sp³-hybridized carbons (Fsp3) is 0.718. The quantitative estimate of drug-likeness (QED) is 0.149. The first-order chi connectivity index (χ1) is 24.5. The van der Waals surface area contributed by atoms with Gasteiger partial charge in [-0.1, -0.05) is 85.2 Å². The van der Waals surface area contributed by atoms with Crippen LogP contribution in [0.2, 0.25) is 0 Å². The number of nitrogens with one attached hydrogen (secondary N) is 3. The number of carbonyl (C=O) groups excluding carboxylic acids is 4. The molecule has 4 N–H and O–H groups in total. The van der Waals surface area contributed by atoms with E-state index in [1.165, 1.54) is 14.2 Å². The van der Waals surface area contributed by atoms with Gasteiger partial charge >= 0.3 is 5.97 Å². The third-order valence-electron chi connectivity index (χ3n) is 10.6. The lowest BCUT2D eigenvalue weighted by atomic mass is 9.89. The predicted molar refractivity (Wildman–Crippen MR) is 200 cm³/mol. The molecule has 2 rings (SSSR count). The summed E-state index contributed by atoms with van der Waals surface area (Å²) in [6.45, 7) is 13.9. The van der Waals surface area contributed by atoms with Gasteiger partial charge in [-0.15, -0.1) is 0 Å². The van der Waals surface area contributed by atoms with Crippen LogP contribution in [0.5, 0.6) is 0 Å². The predicted octanol–water partition coefficient (Wildman–Crippen LogP) is 3.10. The van der Waals surface area contributed by atoms with Crippen LogP contribution in [0.4, 0.5) is 0 Å². The third-order valence-corrected chi connectivity index (χ3v) is 10.6. The number of methoxy groups -OCH3 is 2. The van der Waals surface area contributed by atoms with E-state index < -0.39 is 60.2 Å². The Kier molecular flexibility index (Phi) is 18.2. The number of amides is 4. The number of benzene rings is 1. The molecule has 294 valence electrons. The van der Waals surface area contributed by atoms with Crippen molar-refractivity contribution in [1.29, 1.82) is 0 Å². The summed E-state index contributed by atoms with van der Waals surface area (Å²) in [4.78, 5) is 70.3. The molecule has 0 spiro atoms. The van der Waals surface area contributed by atoms with Gasteiger partial charge in [0, 0.05) is 34.2 Å². The molecule has 0 aliphatic carbocycles. The molecule has 13 nitrogen and oxygen atoms in total. The fourth-order valence-corrected chi connectivity index (χ4v) is 7.40.